The van der Waals surface area contributed by atoms with Crippen molar-refractivity contribution in [1.29, 1.82) is 0 Å². The van der Waals surface area contributed by atoms with Crippen molar-refractivity contribution < 1.29 is 4.79 Å². The Morgan fingerprint density at radius 3 is 2.81 bits per heavy atom. The summed E-state index contributed by atoms with van der Waals surface area (Å²) in [7, 11) is 0. The molecule has 0 saturated heterocycles. The van der Waals surface area contributed by atoms with Gasteiger partial charge in [-0.15, -0.1) is 0 Å². The Hall–Kier alpha value is -0.870. The normalized spacial score (nSPS) is 15.4. The standard InChI is InChI=1S/C12H15BrN2O/c13-10-3-1-2-9(6-10)7-15(8-12(14)16)11-4-5-11/h1-3,6,11H,4-5,7-8H2,(H2,14,16). The van der Waals surface area contributed by atoms with Crippen LogP contribution < -0.4 is 5.73 Å². The van der Waals surface area contributed by atoms with E-state index in [1.165, 1.54) is 18.4 Å². The van der Waals surface area contributed by atoms with Crippen LogP contribution in [-0.2, 0) is 11.3 Å². The first kappa shape index (κ1) is 11.6. The number of hydrogen-bond acceptors (Lipinski definition) is 2. The molecule has 0 spiro atoms. The molecular formula is C12H15BrN2O. The minimum atomic E-state index is -0.248. The Balaban J connectivity index is 2.02. The van der Waals surface area contributed by atoms with Gasteiger partial charge in [-0.3, -0.25) is 9.69 Å². The summed E-state index contributed by atoms with van der Waals surface area (Å²) in [5, 5.41) is 0. The number of nitrogens with two attached hydrogens (primary N) is 1. The van der Waals surface area contributed by atoms with Crippen LogP contribution in [0, 0.1) is 0 Å². The van der Waals surface area contributed by atoms with Gasteiger partial charge in [0.1, 0.15) is 0 Å². The quantitative estimate of drug-likeness (QED) is 0.897. The average Bonchev–Trinajstić information content (AvgIpc) is 2.99. The summed E-state index contributed by atoms with van der Waals surface area (Å²) in [5.41, 5.74) is 6.46. The van der Waals surface area contributed by atoms with Crippen LogP contribution in [0.3, 0.4) is 0 Å². The zero-order valence-corrected chi connectivity index (χ0v) is 10.6. The predicted octanol–water partition coefficient (Wildman–Crippen LogP) is 1.90. The van der Waals surface area contributed by atoms with Crippen LogP contribution in [0.25, 0.3) is 0 Å². The molecule has 86 valence electrons. The lowest BCUT2D eigenvalue weighted by Crippen LogP contribution is -2.34. The molecule has 1 amide bonds. The smallest absolute Gasteiger partial charge is 0.231 e. The number of nitrogens with zero attached hydrogens (tertiary/aromatic N) is 1. The molecule has 0 aliphatic heterocycles. The van der Waals surface area contributed by atoms with E-state index in [1.807, 2.05) is 12.1 Å². The number of hydrogen-bond donors (Lipinski definition) is 1. The molecule has 0 bridgehead atoms. The third kappa shape index (κ3) is 3.32. The van der Waals surface area contributed by atoms with Crippen molar-refractivity contribution in [2.75, 3.05) is 6.54 Å². The number of primary amides is 1. The van der Waals surface area contributed by atoms with Crippen LogP contribution in [0.1, 0.15) is 18.4 Å². The van der Waals surface area contributed by atoms with Gasteiger partial charge in [-0.25, -0.2) is 0 Å². The van der Waals surface area contributed by atoms with Crippen molar-refractivity contribution in [2.45, 2.75) is 25.4 Å². The molecule has 0 aromatic heterocycles. The summed E-state index contributed by atoms with van der Waals surface area (Å²) >= 11 is 3.45. The van der Waals surface area contributed by atoms with Crippen molar-refractivity contribution in [3.8, 4) is 0 Å². The van der Waals surface area contributed by atoms with Crippen molar-refractivity contribution in [3.05, 3.63) is 34.3 Å². The summed E-state index contributed by atoms with van der Waals surface area (Å²) in [6.45, 7) is 1.16. The van der Waals surface area contributed by atoms with Crippen molar-refractivity contribution in [2.24, 2.45) is 5.73 Å². The number of carbonyl (C=O) groups is 1. The van der Waals surface area contributed by atoms with Gasteiger partial charge in [0.15, 0.2) is 0 Å². The SMILES string of the molecule is NC(=O)CN(Cc1cccc(Br)c1)C1CC1. The minimum absolute atomic E-state index is 0.248. The van der Waals surface area contributed by atoms with Gasteiger partial charge in [-0.2, -0.15) is 0 Å². The van der Waals surface area contributed by atoms with E-state index in [4.69, 9.17) is 5.73 Å². The molecule has 0 atom stereocenters. The van der Waals surface area contributed by atoms with Gasteiger partial charge in [0.05, 0.1) is 6.54 Å². The van der Waals surface area contributed by atoms with Crippen LogP contribution in [0.15, 0.2) is 28.7 Å². The Morgan fingerprint density at radius 1 is 1.50 bits per heavy atom. The van der Waals surface area contributed by atoms with E-state index in [-0.39, 0.29) is 5.91 Å². The maximum atomic E-state index is 11.0. The summed E-state index contributed by atoms with van der Waals surface area (Å²) in [5.74, 6) is -0.248. The van der Waals surface area contributed by atoms with Crippen LogP contribution in [0.4, 0.5) is 0 Å². The lowest BCUT2D eigenvalue weighted by molar-refractivity contribution is -0.119. The van der Waals surface area contributed by atoms with Crippen LogP contribution in [0.5, 0.6) is 0 Å². The third-order valence-corrected chi connectivity index (χ3v) is 3.19. The summed E-state index contributed by atoms with van der Waals surface area (Å²) in [6.07, 6.45) is 2.36. The van der Waals surface area contributed by atoms with Crippen molar-refractivity contribution >= 4 is 21.8 Å². The second kappa shape index (κ2) is 4.97. The molecule has 2 N–H and O–H groups in total. The zero-order chi connectivity index (χ0) is 11.5. The molecule has 1 saturated carbocycles. The summed E-state index contributed by atoms with van der Waals surface area (Å²) < 4.78 is 1.07. The molecule has 1 aromatic rings. The fourth-order valence-corrected chi connectivity index (χ4v) is 2.27. The number of amides is 1. The second-order valence-corrected chi connectivity index (χ2v) is 5.15. The number of halogens is 1. The first-order valence-electron chi connectivity index (χ1n) is 5.42. The van der Waals surface area contributed by atoms with Crippen molar-refractivity contribution in [3.63, 3.8) is 0 Å². The van der Waals surface area contributed by atoms with E-state index in [2.05, 4.69) is 33.0 Å². The molecule has 1 fully saturated rings. The van der Waals surface area contributed by atoms with E-state index in [1.54, 1.807) is 0 Å². The van der Waals surface area contributed by atoms with Gasteiger partial charge < -0.3 is 5.73 Å². The Kier molecular flexibility index (Phi) is 3.61. The zero-order valence-electron chi connectivity index (χ0n) is 9.03. The molecule has 0 unspecified atom stereocenters. The van der Waals surface area contributed by atoms with Gasteiger partial charge in [0.25, 0.3) is 0 Å². The van der Waals surface area contributed by atoms with E-state index < -0.39 is 0 Å². The van der Waals surface area contributed by atoms with Gasteiger partial charge in [0, 0.05) is 17.1 Å². The van der Waals surface area contributed by atoms with Gasteiger partial charge >= 0.3 is 0 Å². The highest BCUT2D eigenvalue weighted by Gasteiger charge is 2.29. The maximum absolute atomic E-state index is 11.0. The van der Waals surface area contributed by atoms with E-state index in [9.17, 15) is 4.79 Å². The first-order chi connectivity index (χ1) is 7.65. The lowest BCUT2D eigenvalue weighted by Gasteiger charge is -2.20. The Labute approximate surface area is 104 Å². The Bertz CT molecular complexity index is 390. The Morgan fingerprint density at radius 2 is 2.25 bits per heavy atom. The minimum Gasteiger partial charge on any atom is -0.369 e. The highest BCUT2D eigenvalue weighted by molar-refractivity contribution is 9.10. The molecule has 0 radical (unpaired) electrons. The van der Waals surface area contributed by atoms with Gasteiger partial charge in [-0.05, 0) is 30.5 Å². The topological polar surface area (TPSA) is 46.3 Å². The summed E-state index contributed by atoms with van der Waals surface area (Å²) in [4.78, 5) is 13.1. The van der Waals surface area contributed by atoms with Gasteiger partial charge in [-0.1, -0.05) is 28.1 Å². The summed E-state index contributed by atoms with van der Waals surface area (Å²) in [6, 6.07) is 8.71. The van der Waals surface area contributed by atoms with Crippen molar-refractivity contribution in [1.82, 2.24) is 4.90 Å². The first-order valence-corrected chi connectivity index (χ1v) is 6.21. The van der Waals surface area contributed by atoms with E-state index >= 15 is 0 Å². The maximum Gasteiger partial charge on any atom is 0.231 e. The van der Waals surface area contributed by atoms with Gasteiger partial charge in [0.2, 0.25) is 5.91 Å². The number of benzene rings is 1. The highest BCUT2D eigenvalue weighted by Crippen LogP contribution is 2.28. The molecule has 3 nitrogen and oxygen atoms in total. The average molecular weight is 283 g/mol. The largest absolute Gasteiger partial charge is 0.369 e. The van der Waals surface area contributed by atoms with Crippen LogP contribution in [0.2, 0.25) is 0 Å². The fourth-order valence-electron chi connectivity index (χ4n) is 1.82. The van der Waals surface area contributed by atoms with Crippen LogP contribution in [-0.4, -0.2) is 23.4 Å². The van der Waals surface area contributed by atoms with E-state index in [0.29, 0.717) is 12.6 Å². The molecule has 1 aromatic carbocycles. The predicted molar refractivity (Wildman–Crippen MR) is 66.8 cm³/mol. The van der Waals surface area contributed by atoms with Crippen LogP contribution >= 0.6 is 15.9 Å². The monoisotopic (exact) mass is 282 g/mol. The molecule has 0 heterocycles. The fraction of sp³-hybridized carbons (Fsp3) is 0.417. The molecule has 2 rings (SSSR count). The van der Waals surface area contributed by atoms with E-state index in [0.717, 1.165) is 11.0 Å². The molecule has 16 heavy (non-hydrogen) atoms. The molecular weight excluding hydrogens is 268 g/mol. The second-order valence-electron chi connectivity index (χ2n) is 4.23. The number of carbonyl (C=O) groups excluding carboxylic acids is 1. The number of rotatable bonds is 5. The molecule has 4 heteroatoms. The lowest BCUT2D eigenvalue weighted by atomic mass is 10.2. The molecule has 1 aliphatic carbocycles. The third-order valence-electron chi connectivity index (χ3n) is 2.70. The molecule has 1 aliphatic rings. The highest BCUT2D eigenvalue weighted by atomic mass is 79.9.